The molecule has 0 saturated carbocycles. The third-order valence-corrected chi connectivity index (χ3v) is 3.73. The molecule has 112 valence electrons. The van der Waals surface area contributed by atoms with E-state index in [0.717, 1.165) is 0 Å². The monoisotopic (exact) mass is 312 g/mol. The number of tetrazole rings is 1. The number of carboxylic acids is 1. The molecule has 21 heavy (non-hydrogen) atoms. The summed E-state index contributed by atoms with van der Waals surface area (Å²) in [6.07, 6.45) is 0.389. The lowest BCUT2D eigenvalue weighted by Crippen LogP contribution is -2.32. The van der Waals surface area contributed by atoms with E-state index in [4.69, 9.17) is 11.6 Å². The standard InChI is InChI=1S/C13H14ClFN4O2/c1-3-13(2,12(20)21)7-19-11(16-17-18-19)9-6-8(14)4-5-10(9)15/h4-6H,3,7H2,1-2H3,(H,20,21). The lowest BCUT2D eigenvalue weighted by Gasteiger charge is -2.22. The molecule has 1 aromatic heterocycles. The summed E-state index contributed by atoms with van der Waals surface area (Å²) in [4.78, 5) is 11.4. The van der Waals surface area contributed by atoms with Crippen molar-refractivity contribution < 1.29 is 14.3 Å². The van der Waals surface area contributed by atoms with Crippen molar-refractivity contribution in [2.75, 3.05) is 0 Å². The van der Waals surface area contributed by atoms with Crippen LogP contribution in [0.15, 0.2) is 18.2 Å². The third-order valence-electron chi connectivity index (χ3n) is 3.50. The van der Waals surface area contributed by atoms with Gasteiger partial charge in [0.1, 0.15) is 5.82 Å². The minimum absolute atomic E-state index is 0.0348. The molecule has 2 rings (SSSR count). The Morgan fingerprint density at radius 2 is 2.24 bits per heavy atom. The van der Waals surface area contributed by atoms with Gasteiger partial charge in [0.05, 0.1) is 17.5 Å². The maximum atomic E-state index is 13.9. The van der Waals surface area contributed by atoms with Gasteiger partial charge in [-0.2, -0.15) is 0 Å². The van der Waals surface area contributed by atoms with Gasteiger partial charge in [0.2, 0.25) is 0 Å². The smallest absolute Gasteiger partial charge is 0.311 e. The first kappa shape index (κ1) is 15.4. The molecule has 0 aliphatic rings. The lowest BCUT2D eigenvalue weighted by atomic mass is 9.88. The molecule has 8 heteroatoms. The molecular weight excluding hydrogens is 299 g/mol. The Morgan fingerprint density at radius 1 is 1.52 bits per heavy atom. The van der Waals surface area contributed by atoms with Gasteiger partial charge >= 0.3 is 5.97 Å². The Balaban J connectivity index is 2.44. The summed E-state index contributed by atoms with van der Waals surface area (Å²) in [5, 5.41) is 20.7. The lowest BCUT2D eigenvalue weighted by molar-refractivity contribution is -0.149. The number of nitrogens with zero attached hydrogens (tertiary/aromatic N) is 4. The van der Waals surface area contributed by atoms with Crippen LogP contribution in [0.3, 0.4) is 0 Å². The summed E-state index contributed by atoms with van der Waals surface area (Å²) in [7, 11) is 0. The second-order valence-corrected chi connectivity index (χ2v) is 5.44. The second-order valence-electron chi connectivity index (χ2n) is 5.00. The van der Waals surface area contributed by atoms with Crippen LogP contribution in [0, 0.1) is 11.2 Å². The number of benzene rings is 1. The van der Waals surface area contributed by atoms with Crippen LogP contribution in [0.1, 0.15) is 20.3 Å². The minimum atomic E-state index is -1.04. The van der Waals surface area contributed by atoms with Crippen LogP contribution < -0.4 is 0 Å². The van der Waals surface area contributed by atoms with Crippen molar-refractivity contribution in [1.82, 2.24) is 20.2 Å². The van der Waals surface area contributed by atoms with E-state index in [1.54, 1.807) is 13.8 Å². The first-order valence-electron chi connectivity index (χ1n) is 6.32. The van der Waals surface area contributed by atoms with E-state index in [2.05, 4.69) is 15.5 Å². The summed E-state index contributed by atoms with van der Waals surface area (Å²) in [5.41, 5.74) is -0.907. The van der Waals surface area contributed by atoms with E-state index in [-0.39, 0.29) is 17.9 Å². The van der Waals surface area contributed by atoms with Crippen LogP contribution in [0.2, 0.25) is 5.02 Å². The highest BCUT2D eigenvalue weighted by molar-refractivity contribution is 6.30. The van der Waals surface area contributed by atoms with Crippen molar-refractivity contribution in [3.05, 3.63) is 29.0 Å². The average molecular weight is 313 g/mol. The molecule has 0 spiro atoms. The van der Waals surface area contributed by atoms with Crippen LogP contribution in [-0.2, 0) is 11.3 Å². The number of halogens is 2. The molecular formula is C13H14ClFN4O2. The van der Waals surface area contributed by atoms with Gasteiger partial charge in [0, 0.05) is 5.02 Å². The number of aromatic nitrogens is 4. The van der Waals surface area contributed by atoms with E-state index in [1.165, 1.54) is 22.9 Å². The van der Waals surface area contributed by atoms with Gasteiger partial charge in [0.25, 0.3) is 0 Å². The molecule has 2 aromatic rings. The number of hydrogen-bond acceptors (Lipinski definition) is 4. The van der Waals surface area contributed by atoms with Gasteiger partial charge < -0.3 is 5.11 Å². The molecule has 0 fully saturated rings. The fourth-order valence-electron chi connectivity index (χ4n) is 1.83. The van der Waals surface area contributed by atoms with Gasteiger partial charge in [-0.25, -0.2) is 9.07 Å². The highest BCUT2D eigenvalue weighted by Crippen LogP contribution is 2.28. The Kier molecular flexibility index (Phi) is 4.22. The highest BCUT2D eigenvalue weighted by Gasteiger charge is 2.33. The van der Waals surface area contributed by atoms with Crippen LogP contribution in [0.5, 0.6) is 0 Å². The van der Waals surface area contributed by atoms with Gasteiger partial charge in [0.15, 0.2) is 5.82 Å². The number of carbonyl (C=O) groups is 1. The second kappa shape index (κ2) is 5.77. The van der Waals surface area contributed by atoms with E-state index in [9.17, 15) is 14.3 Å². The van der Waals surface area contributed by atoms with Gasteiger partial charge in [-0.1, -0.05) is 18.5 Å². The van der Waals surface area contributed by atoms with Gasteiger partial charge in [-0.15, -0.1) is 5.10 Å². The molecule has 0 radical (unpaired) electrons. The topological polar surface area (TPSA) is 80.9 Å². The van der Waals surface area contributed by atoms with Crippen LogP contribution in [0.4, 0.5) is 4.39 Å². The Morgan fingerprint density at radius 3 is 2.86 bits per heavy atom. The maximum Gasteiger partial charge on any atom is 0.311 e. The predicted molar refractivity (Wildman–Crippen MR) is 74.3 cm³/mol. The van der Waals surface area contributed by atoms with Crippen molar-refractivity contribution in [3.63, 3.8) is 0 Å². The zero-order valence-electron chi connectivity index (χ0n) is 11.5. The SMILES string of the molecule is CCC(C)(Cn1nnnc1-c1cc(Cl)ccc1F)C(=O)O. The minimum Gasteiger partial charge on any atom is -0.481 e. The first-order chi connectivity index (χ1) is 9.87. The normalized spacial score (nSPS) is 13.9. The molecule has 0 bridgehead atoms. The van der Waals surface area contributed by atoms with E-state index < -0.39 is 17.2 Å². The molecule has 1 heterocycles. The molecule has 0 saturated heterocycles. The molecule has 1 unspecified atom stereocenters. The summed E-state index contributed by atoms with van der Waals surface area (Å²) < 4.78 is 15.2. The van der Waals surface area contributed by atoms with Crippen molar-refractivity contribution in [1.29, 1.82) is 0 Å². The first-order valence-corrected chi connectivity index (χ1v) is 6.70. The quantitative estimate of drug-likeness (QED) is 0.918. The molecule has 1 N–H and O–H groups in total. The molecule has 0 aliphatic heterocycles. The van der Waals surface area contributed by atoms with Crippen molar-refractivity contribution in [2.24, 2.45) is 5.41 Å². The Bertz CT molecular complexity index is 676. The van der Waals surface area contributed by atoms with E-state index in [1.807, 2.05) is 0 Å². The zero-order valence-corrected chi connectivity index (χ0v) is 12.3. The molecule has 1 atom stereocenters. The van der Waals surface area contributed by atoms with Crippen molar-refractivity contribution >= 4 is 17.6 Å². The Labute approximate surface area is 125 Å². The van der Waals surface area contributed by atoms with Gasteiger partial charge in [-0.05, 0) is 42.0 Å². The van der Waals surface area contributed by atoms with E-state index in [0.29, 0.717) is 11.4 Å². The number of carboxylic acid groups (broad SMARTS) is 1. The van der Waals surface area contributed by atoms with Crippen molar-refractivity contribution in [3.8, 4) is 11.4 Å². The average Bonchev–Trinajstić information content (AvgIpc) is 2.89. The molecule has 6 nitrogen and oxygen atoms in total. The fraction of sp³-hybridized carbons (Fsp3) is 0.385. The van der Waals surface area contributed by atoms with Gasteiger partial charge in [-0.3, -0.25) is 4.79 Å². The molecule has 1 aromatic carbocycles. The summed E-state index contributed by atoms with van der Waals surface area (Å²) in [6.45, 7) is 3.39. The summed E-state index contributed by atoms with van der Waals surface area (Å²) >= 11 is 5.86. The third kappa shape index (κ3) is 3.02. The highest BCUT2D eigenvalue weighted by atomic mass is 35.5. The largest absolute Gasteiger partial charge is 0.481 e. The fourth-order valence-corrected chi connectivity index (χ4v) is 2.01. The number of aliphatic carboxylic acids is 1. The Hall–Kier alpha value is -2.02. The maximum absolute atomic E-state index is 13.9. The zero-order chi connectivity index (χ0) is 15.6. The van der Waals surface area contributed by atoms with Crippen molar-refractivity contribution in [2.45, 2.75) is 26.8 Å². The van der Waals surface area contributed by atoms with Crippen LogP contribution >= 0.6 is 11.6 Å². The number of rotatable bonds is 5. The van der Waals surface area contributed by atoms with E-state index >= 15 is 0 Å². The van der Waals surface area contributed by atoms with Crippen LogP contribution in [-0.4, -0.2) is 31.3 Å². The summed E-state index contributed by atoms with van der Waals surface area (Å²) in [6, 6.07) is 4.04. The molecule has 0 aliphatic carbocycles. The summed E-state index contributed by atoms with van der Waals surface area (Å²) in [5.74, 6) is -1.34. The molecule has 0 amide bonds. The predicted octanol–water partition coefficient (Wildman–Crippen LogP) is 2.63. The van der Waals surface area contributed by atoms with Crippen LogP contribution in [0.25, 0.3) is 11.4 Å². The number of hydrogen-bond donors (Lipinski definition) is 1.